The van der Waals surface area contributed by atoms with Crippen LogP contribution in [0.15, 0.2) is 83.8 Å². The first-order chi connectivity index (χ1) is 12.8. The molecular weight excluding hydrogens is 375 g/mol. The number of hydrogen-bond acceptors (Lipinski definition) is 2. The van der Waals surface area contributed by atoms with Gasteiger partial charge in [-0.05, 0) is 41.0 Å². The second-order valence-corrected chi connectivity index (χ2v) is 7.68. The van der Waals surface area contributed by atoms with Crippen molar-refractivity contribution in [3.05, 3.63) is 90.0 Å². The van der Waals surface area contributed by atoms with Crippen LogP contribution < -0.4 is 4.72 Å². The highest BCUT2D eigenvalue weighted by Gasteiger charge is 2.30. The van der Waals surface area contributed by atoms with E-state index < -0.39 is 21.8 Å². The van der Waals surface area contributed by atoms with Crippen molar-refractivity contribution in [3.63, 3.8) is 0 Å². The molecule has 0 heterocycles. The Morgan fingerprint density at radius 1 is 0.778 bits per heavy atom. The van der Waals surface area contributed by atoms with Crippen LogP contribution >= 0.6 is 0 Å². The van der Waals surface area contributed by atoms with Crippen LogP contribution in [0.1, 0.15) is 11.1 Å². The van der Waals surface area contributed by atoms with E-state index in [1.54, 1.807) is 18.2 Å². The third-order valence-corrected chi connectivity index (χ3v) is 5.41. The van der Waals surface area contributed by atoms with Crippen molar-refractivity contribution in [1.82, 2.24) is 4.72 Å². The van der Waals surface area contributed by atoms with Crippen molar-refractivity contribution in [2.24, 2.45) is 0 Å². The van der Waals surface area contributed by atoms with E-state index in [1.807, 2.05) is 18.2 Å². The molecule has 0 saturated carbocycles. The van der Waals surface area contributed by atoms with Crippen LogP contribution in [-0.2, 0) is 22.7 Å². The summed E-state index contributed by atoms with van der Waals surface area (Å²) in [6.07, 6.45) is -4.43. The van der Waals surface area contributed by atoms with Crippen LogP contribution in [-0.4, -0.2) is 8.42 Å². The third kappa shape index (κ3) is 4.75. The highest BCUT2D eigenvalue weighted by atomic mass is 32.2. The number of benzene rings is 3. The summed E-state index contributed by atoms with van der Waals surface area (Å²) in [5.41, 5.74) is 0.942. The van der Waals surface area contributed by atoms with E-state index in [9.17, 15) is 21.6 Å². The predicted molar refractivity (Wildman–Crippen MR) is 97.3 cm³/mol. The SMILES string of the molecule is O=S(=O)(NCc1ccccc1)c1ccc(-c2cccc(C(F)(F)F)c2)cc1. The van der Waals surface area contributed by atoms with E-state index in [2.05, 4.69) is 4.72 Å². The molecule has 3 rings (SSSR count). The summed E-state index contributed by atoms with van der Waals surface area (Å²) < 4.78 is 65.8. The van der Waals surface area contributed by atoms with Gasteiger partial charge in [-0.1, -0.05) is 54.6 Å². The van der Waals surface area contributed by atoms with Crippen molar-refractivity contribution >= 4 is 10.0 Å². The molecule has 0 aliphatic rings. The van der Waals surface area contributed by atoms with Gasteiger partial charge in [-0.3, -0.25) is 0 Å². The van der Waals surface area contributed by atoms with E-state index >= 15 is 0 Å². The molecule has 27 heavy (non-hydrogen) atoms. The summed E-state index contributed by atoms with van der Waals surface area (Å²) >= 11 is 0. The van der Waals surface area contributed by atoms with E-state index in [4.69, 9.17) is 0 Å². The molecule has 0 amide bonds. The lowest BCUT2D eigenvalue weighted by Crippen LogP contribution is -2.23. The van der Waals surface area contributed by atoms with Crippen molar-refractivity contribution in [3.8, 4) is 11.1 Å². The smallest absolute Gasteiger partial charge is 0.207 e. The highest BCUT2D eigenvalue weighted by Crippen LogP contribution is 2.32. The number of sulfonamides is 1. The number of halogens is 3. The molecule has 0 radical (unpaired) electrons. The monoisotopic (exact) mass is 391 g/mol. The molecule has 1 N–H and O–H groups in total. The third-order valence-electron chi connectivity index (χ3n) is 4.00. The van der Waals surface area contributed by atoms with Crippen LogP contribution in [0, 0.1) is 0 Å². The Kier molecular flexibility index (Phi) is 5.34. The van der Waals surface area contributed by atoms with E-state index in [-0.39, 0.29) is 11.4 Å². The van der Waals surface area contributed by atoms with Crippen LogP contribution in [0.2, 0.25) is 0 Å². The van der Waals surface area contributed by atoms with Crippen LogP contribution in [0.3, 0.4) is 0 Å². The number of nitrogens with one attached hydrogen (secondary N) is 1. The summed E-state index contributed by atoms with van der Waals surface area (Å²) in [6, 6.07) is 19.7. The van der Waals surface area contributed by atoms with Crippen molar-refractivity contribution in [2.45, 2.75) is 17.6 Å². The Balaban J connectivity index is 1.79. The van der Waals surface area contributed by atoms with Crippen molar-refractivity contribution in [1.29, 1.82) is 0 Å². The lowest BCUT2D eigenvalue weighted by molar-refractivity contribution is -0.137. The van der Waals surface area contributed by atoms with Crippen molar-refractivity contribution < 1.29 is 21.6 Å². The molecule has 140 valence electrons. The van der Waals surface area contributed by atoms with Gasteiger partial charge in [-0.15, -0.1) is 0 Å². The fourth-order valence-electron chi connectivity index (χ4n) is 2.56. The number of alkyl halides is 3. The zero-order valence-corrected chi connectivity index (χ0v) is 14.9. The fraction of sp³-hybridized carbons (Fsp3) is 0.100. The Morgan fingerprint density at radius 2 is 1.44 bits per heavy atom. The quantitative estimate of drug-likeness (QED) is 0.676. The van der Waals surface area contributed by atoms with Crippen LogP contribution in [0.5, 0.6) is 0 Å². The van der Waals surface area contributed by atoms with E-state index in [0.29, 0.717) is 11.1 Å². The summed E-state index contributed by atoms with van der Waals surface area (Å²) in [4.78, 5) is 0.0501. The first-order valence-corrected chi connectivity index (χ1v) is 9.55. The van der Waals surface area contributed by atoms with E-state index in [0.717, 1.165) is 17.7 Å². The lowest BCUT2D eigenvalue weighted by Gasteiger charge is -2.10. The summed E-state index contributed by atoms with van der Waals surface area (Å²) in [6.45, 7) is 0.151. The molecule has 0 unspecified atom stereocenters. The minimum absolute atomic E-state index is 0.0501. The molecule has 0 bridgehead atoms. The molecule has 7 heteroatoms. The Labute approximate surface area is 155 Å². The van der Waals surface area contributed by atoms with Crippen LogP contribution in [0.4, 0.5) is 13.2 Å². The molecular formula is C20H16F3NO2S. The molecule has 0 aliphatic carbocycles. The zero-order chi connectivity index (χ0) is 19.5. The van der Waals surface area contributed by atoms with Gasteiger partial charge >= 0.3 is 6.18 Å². The minimum atomic E-state index is -4.43. The molecule has 3 nitrogen and oxygen atoms in total. The summed E-state index contributed by atoms with van der Waals surface area (Å²) in [5, 5.41) is 0. The average Bonchev–Trinajstić information content (AvgIpc) is 2.67. The van der Waals surface area contributed by atoms with Gasteiger partial charge < -0.3 is 0 Å². The maximum Gasteiger partial charge on any atom is 0.416 e. The van der Waals surface area contributed by atoms with Crippen LogP contribution in [0.25, 0.3) is 11.1 Å². The molecule has 3 aromatic carbocycles. The van der Waals surface area contributed by atoms with Gasteiger partial charge in [-0.2, -0.15) is 13.2 Å². The van der Waals surface area contributed by atoms with Gasteiger partial charge in [0.05, 0.1) is 10.5 Å². The largest absolute Gasteiger partial charge is 0.416 e. The summed E-state index contributed by atoms with van der Waals surface area (Å²) in [7, 11) is -3.72. The molecule has 0 saturated heterocycles. The molecule has 3 aromatic rings. The Hall–Kier alpha value is -2.64. The van der Waals surface area contributed by atoms with E-state index in [1.165, 1.54) is 30.3 Å². The predicted octanol–water partition coefficient (Wildman–Crippen LogP) is 4.85. The second-order valence-electron chi connectivity index (χ2n) is 5.91. The standard InChI is InChI=1S/C20H16F3NO2S/c21-20(22,23)18-8-4-7-17(13-18)16-9-11-19(12-10-16)27(25,26)24-14-15-5-2-1-3-6-15/h1-13,24H,14H2. The summed E-state index contributed by atoms with van der Waals surface area (Å²) in [5.74, 6) is 0. The first-order valence-electron chi connectivity index (χ1n) is 8.07. The van der Waals surface area contributed by atoms with Crippen molar-refractivity contribution in [2.75, 3.05) is 0 Å². The zero-order valence-electron chi connectivity index (χ0n) is 14.1. The van der Waals surface area contributed by atoms with Gasteiger partial charge in [-0.25, -0.2) is 13.1 Å². The van der Waals surface area contributed by atoms with Gasteiger partial charge in [0.15, 0.2) is 0 Å². The van der Waals surface area contributed by atoms with Gasteiger partial charge in [0, 0.05) is 6.54 Å². The van der Waals surface area contributed by atoms with Gasteiger partial charge in [0.1, 0.15) is 0 Å². The molecule has 0 atom stereocenters. The molecule has 0 spiro atoms. The topological polar surface area (TPSA) is 46.2 Å². The second kappa shape index (κ2) is 7.54. The Morgan fingerprint density at radius 3 is 2.07 bits per heavy atom. The molecule has 0 aliphatic heterocycles. The normalized spacial score (nSPS) is 12.1. The Bertz CT molecular complexity index is 1020. The minimum Gasteiger partial charge on any atom is -0.207 e. The molecule has 0 aromatic heterocycles. The fourth-order valence-corrected chi connectivity index (χ4v) is 3.58. The maximum atomic E-state index is 12.8. The maximum absolute atomic E-state index is 12.8. The number of rotatable bonds is 5. The average molecular weight is 391 g/mol. The van der Waals surface area contributed by atoms with Gasteiger partial charge in [0.25, 0.3) is 0 Å². The molecule has 0 fully saturated rings. The highest BCUT2D eigenvalue weighted by molar-refractivity contribution is 7.89. The van der Waals surface area contributed by atoms with Gasteiger partial charge in [0.2, 0.25) is 10.0 Å². The first kappa shape index (κ1) is 19.1. The number of hydrogen-bond donors (Lipinski definition) is 1. The lowest BCUT2D eigenvalue weighted by atomic mass is 10.0.